The smallest absolute Gasteiger partial charge is 0.0688 e. The summed E-state index contributed by atoms with van der Waals surface area (Å²) in [5.74, 6) is 0.793. The average molecular weight is 215 g/mol. The van der Waals surface area contributed by atoms with Crippen molar-refractivity contribution in [1.82, 2.24) is 5.32 Å². The van der Waals surface area contributed by atoms with Gasteiger partial charge in [0.2, 0.25) is 0 Å². The first-order valence-corrected chi connectivity index (χ1v) is 6.21. The monoisotopic (exact) mass is 215 g/mol. The lowest BCUT2D eigenvalue weighted by Gasteiger charge is -2.33. The zero-order valence-electron chi connectivity index (χ0n) is 11.3. The molecule has 2 N–H and O–H groups in total. The van der Waals surface area contributed by atoms with E-state index in [1.54, 1.807) is 0 Å². The standard InChI is InChI=1S/C13H29NO/c1-10(2)8-7-9-11(3)14-13(5,6)12(4)15/h10-12,14-15H,7-9H2,1-6H3. The molecule has 2 atom stereocenters. The Kier molecular flexibility index (Phi) is 6.46. The van der Waals surface area contributed by atoms with Crippen LogP contribution in [0.1, 0.15) is 60.8 Å². The number of hydrogen-bond acceptors (Lipinski definition) is 2. The maximum Gasteiger partial charge on any atom is 0.0688 e. The van der Waals surface area contributed by atoms with Crippen molar-refractivity contribution < 1.29 is 5.11 Å². The fourth-order valence-electron chi connectivity index (χ4n) is 1.66. The van der Waals surface area contributed by atoms with Gasteiger partial charge in [-0.1, -0.05) is 26.7 Å². The van der Waals surface area contributed by atoms with Crippen LogP contribution < -0.4 is 5.32 Å². The highest BCUT2D eigenvalue weighted by Crippen LogP contribution is 2.13. The molecule has 2 unspecified atom stereocenters. The molecule has 0 fully saturated rings. The molecule has 0 heterocycles. The molecule has 0 aliphatic rings. The number of rotatable bonds is 7. The predicted molar refractivity (Wildman–Crippen MR) is 67.0 cm³/mol. The highest BCUT2D eigenvalue weighted by atomic mass is 16.3. The van der Waals surface area contributed by atoms with E-state index in [2.05, 4.69) is 39.9 Å². The molecule has 15 heavy (non-hydrogen) atoms. The molecule has 0 aliphatic carbocycles. The van der Waals surface area contributed by atoms with Crippen LogP contribution in [-0.4, -0.2) is 22.8 Å². The quantitative estimate of drug-likeness (QED) is 0.684. The minimum absolute atomic E-state index is 0.183. The van der Waals surface area contributed by atoms with Crippen LogP contribution in [0.2, 0.25) is 0 Å². The van der Waals surface area contributed by atoms with Crippen molar-refractivity contribution in [3.63, 3.8) is 0 Å². The SMILES string of the molecule is CC(C)CCCC(C)NC(C)(C)C(C)O. The van der Waals surface area contributed by atoms with Crippen molar-refractivity contribution in [1.29, 1.82) is 0 Å². The summed E-state index contributed by atoms with van der Waals surface area (Å²) >= 11 is 0. The highest BCUT2D eigenvalue weighted by Gasteiger charge is 2.25. The van der Waals surface area contributed by atoms with Gasteiger partial charge in [0.15, 0.2) is 0 Å². The molecule has 0 aromatic carbocycles. The Hall–Kier alpha value is -0.0800. The Labute approximate surface area is 95.5 Å². The zero-order valence-corrected chi connectivity index (χ0v) is 11.3. The highest BCUT2D eigenvalue weighted by molar-refractivity contribution is 4.85. The van der Waals surface area contributed by atoms with Gasteiger partial charge in [0.05, 0.1) is 6.10 Å². The van der Waals surface area contributed by atoms with Crippen LogP contribution in [0.3, 0.4) is 0 Å². The third-order valence-corrected chi connectivity index (χ3v) is 3.08. The van der Waals surface area contributed by atoms with E-state index in [-0.39, 0.29) is 11.6 Å². The van der Waals surface area contributed by atoms with E-state index in [9.17, 15) is 5.11 Å². The summed E-state index contributed by atoms with van der Waals surface area (Å²) in [7, 11) is 0. The second-order valence-electron chi connectivity index (χ2n) is 5.77. The van der Waals surface area contributed by atoms with Crippen molar-refractivity contribution in [3.05, 3.63) is 0 Å². The normalized spacial score (nSPS) is 16.8. The van der Waals surface area contributed by atoms with E-state index in [1.165, 1.54) is 19.3 Å². The first kappa shape index (κ1) is 14.9. The van der Waals surface area contributed by atoms with Gasteiger partial charge >= 0.3 is 0 Å². The molecule has 0 rings (SSSR count). The Bertz CT molecular complexity index is 164. The molecule has 0 saturated carbocycles. The molecule has 92 valence electrons. The van der Waals surface area contributed by atoms with Crippen LogP contribution in [0, 0.1) is 5.92 Å². The van der Waals surface area contributed by atoms with Gasteiger partial charge in [-0.2, -0.15) is 0 Å². The molecule has 0 aromatic rings. The van der Waals surface area contributed by atoms with Gasteiger partial charge < -0.3 is 10.4 Å². The molecule has 2 nitrogen and oxygen atoms in total. The van der Waals surface area contributed by atoms with Gasteiger partial charge in [0.1, 0.15) is 0 Å². The van der Waals surface area contributed by atoms with Gasteiger partial charge in [-0.15, -0.1) is 0 Å². The van der Waals surface area contributed by atoms with Crippen molar-refractivity contribution in [2.75, 3.05) is 0 Å². The topological polar surface area (TPSA) is 32.3 Å². The summed E-state index contributed by atoms with van der Waals surface area (Å²) in [6, 6.07) is 0.480. The molecular weight excluding hydrogens is 186 g/mol. The van der Waals surface area contributed by atoms with E-state index in [0.29, 0.717) is 6.04 Å². The first-order chi connectivity index (χ1) is 6.75. The molecule has 0 aromatic heterocycles. The van der Waals surface area contributed by atoms with Crippen molar-refractivity contribution >= 4 is 0 Å². The Morgan fingerprint density at radius 3 is 2.00 bits per heavy atom. The first-order valence-electron chi connectivity index (χ1n) is 6.21. The summed E-state index contributed by atoms with van der Waals surface area (Å²) in [5, 5.41) is 13.1. The second kappa shape index (κ2) is 6.49. The lowest BCUT2D eigenvalue weighted by Crippen LogP contribution is -2.51. The molecule has 0 spiro atoms. The summed E-state index contributed by atoms with van der Waals surface area (Å²) in [6.45, 7) is 12.7. The predicted octanol–water partition coefficient (Wildman–Crippen LogP) is 2.95. The lowest BCUT2D eigenvalue weighted by atomic mass is 9.96. The van der Waals surface area contributed by atoms with E-state index >= 15 is 0 Å². The zero-order chi connectivity index (χ0) is 12.1. The molecular formula is C13H29NO. The van der Waals surface area contributed by atoms with E-state index < -0.39 is 0 Å². The lowest BCUT2D eigenvalue weighted by molar-refractivity contribution is 0.0882. The van der Waals surface area contributed by atoms with Crippen molar-refractivity contribution in [2.24, 2.45) is 5.92 Å². The number of hydrogen-bond donors (Lipinski definition) is 2. The minimum atomic E-state index is -0.315. The Morgan fingerprint density at radius 2 is 1.60 bits per heavy atom. The van der Waals surface area contributed by atoms with Crippen LogP contribution in [0.25, 0.3) is 0 Å². The van der Waals surface area contributed by atoms with E-state index in [0.717, 1.165) is 5.92 Å². The summed E-state index contributed by atoms with van der Waals surface area (Å²) in [4.78, 5) is 0. The Balaban J connectivity index is 3.78. The third-order valence-electron chi connectivity index (χ3n) is 3.08. The van der Waals surface area contributed by atoms with Gasteiger partial charge in [-0.25, -0.2) is 0 Å². The van der Waals surface area contributed by atoms with Crippen LogP contribution >= 0.6 is 0 Å². The number of aliphatic hydroxyl groups excluding tert-OH is 1. The molecule has 0 saturated heterocycles. The maximum atomic E-state index is 9.58. The number of aliphatic hydroxyl groups is 1. The van der Waals surface area contributed by atoms with E-state index in [1.807, 2.05) is 6.92 Å². The molecule has 0 bridgehead atoms. The van der Waals surface area contributed by atoms with Gasteiger partial charge in [-0.3, -0.25) is 0 Å². The summed E-state index contributed by atoms with van der Waals surface area (Å²) in [5.41, 5.74) is -0.183. The summed E-state index contributed by atoms with van der Waals surface area (Å²) in [6.07, 6.45) is 3.43. The number of nitrogens with one attached hydrogen (secondary N) is 1. The van der Waals surface area contributed by atoms with Gasteiger partial charge in [-0.05, 0) is 40.0 Å². The summed E-state index contributed by atoms with van der Waals surface area (Å²) < 4.78 is 0. The fraction of sp³-hybridized carbons (Fsp3) is 1.00. The van der Waals surface area contributed by atoms with Gasteiger partial charge in [0, 0.05) is 11.6 Å². The molecule has 2 heteroatoms. The maximum absolute atomic E-state index is 9.58. The van der Waals surface area contributed by atoms with Crippen LogP contribution in [0.15, 0.2) is 0 Å². The van der Waals surface area contributed by atoms with Crippen LogP contribution in [-0.2, 0) is 0 Å². The van der Waals surface area contributed by atoms with Crippen LogP contribution in [0.5, 0.6) is 0 Å². The average Bonchev–Trinajstić information content (AvgIpc) is 2.01. The third kappa shape index (κ3) is 6.91. The fourth-order valence-corrected chi connectivity index (χ4v) is 1.66. The molecule has 0 aliphatic heterocycles. The van der Waals surface area contributed by atoms with Crippen LogP contribution in [0.4, 0.5) is 0 Å². The largest absolute Gasteiger partial charge is 0.392 e. The molecule has 0 amide bonds. The second-order valence-corrected chi connectivity index (χ2v) is 5.77. The minimum Gasteiger partial charge on any atom is -0.392 e. The van der Waals surface area contributed by atoms with Crippen molar-refractivity contribution in [3.8, 4) is 0 Å². The van der Waals surface area contributed by atoms with E-state index in [4.69, 9.17) is 0 Å². The Morgan fingerprint density at radius 1 is 1.07 bits per heavy atom. The van der Waals surface area contributed by atoms with Crippen molar-refractivity contribution in [2.45, 2.75) is 78.5 Å². The van der Waals surface area contributed by atoms with Gasteiger partial charge in [0.25, 0.3) is 0 Å². The molecule has 0 radical (unpaired) electrons.